The van der Waals surface area contributed by atoms with Gasteiger partial charge in [0.05, 0.1) is 0 Å². The van der Waals surface area contributed by atoms with Gasteiger partial charge in [0.25, 0.3) is 0 Å². The summed E-state index contributed by atoms with van der Waals surface area (Å²) < 4.78 is 34.4. The molecule has 181 valence electrons. The van der Waals surface area contributed by atoms with Gasteiger partial charge in [0, 0.05) is 19.6 Å². The van der Waals surface area contributed by atoms with Crippen LogP contribution in [-0.4, -0.2) is 66.5 Å². The van der Waals surface area contributed by atoms with E-state index in [4.69, 9.17) is 4.55 Å². The number of carbonyl (C=O) groups excluding carboxylic acids is 4. The number of urea groups is 1. The second kappa shape index (κ2) is 12.3. The summed E-state index contributed by atoms with van der Waals surface area (Å²) >= 11 is 0. The minimum Gasteiger partial charge on any atom is -0.362 e. The fraction of sp³-hybridized carbons (Fsp3) is 0.524. The number of imide groups is 1. The summed E-state index contributed by atoms with van der Waals surface area (Å²) in [7, 11) is -4.70. The average molecular weight is 483 g/mol. The van der Waals surface area contributed by atoms with Crippen LogP contribution >= 0.6 is 0 Å². The number of nitrogens with one attached hydrogen (secondary N) is 1. The van der Waals surface area contributed by atoms with E-state index in [9.17, 15) is 27.6 Å². The molecule has 11 nitrogen and oxygen atoms in total. The van der Waals surface area contributed by atoms with Gasteiger partial charge in [-0.05, 0) is 24.1 Å². The van der Waals surface area contributed by atoms with Crippen molar-refractivity contribution in [2.24, 2.45) is 0 Å². The first-order valence-corrected chi connectivity index (χ1v) is 12.1. The van der Waals surface area contributed by atoms with Gasteiger partial charge in [-0.15, -0.1) is 0 Å². The van der Waals surface area contributed by atoms with Crippen molar-refractivity contribution in [2.45, 2.75) is 51.5 Å². The number of piperazine rings is 1. The quantitative estimate of drug-likeness (QED) is 0.260. The molecule has 1 aliphatic heterocycles. The standard InChI is InChI=1S/C21H28N3O8S/c1-2-3-4-5-6-7-12-23-13-14-24(20(27)19(23)26)21(28)22-18(15-25)16-8-10-17(11-9-16)32-33(29,30)31/h8-11,18H,2-7,12-14H2,1H3,(H,22,28)(H,29,30,31). The molecule has 12 heteroatoms. The fourth-order valence-corrected chi connectivity index (χ4v) is 3.74. The lowest BCUT2D eigenvalue weighted by Crippen LogP contribution is -2.58. The van der Waals surface area contributed by atoms with Crippen LogP contribution in [0, 0.1) is 0 Å². The molecule has 0 saturated carbocycles. The number of unbranched alkanes of at least 4 members (excludes halogenated alkanes) is 5. The first-order valence-electron chi connectivity index (χ1n) is 10.7. The van der Waals surface area contributed by atoms with Crippen molar-refractivity contribution in [3.8, 4) is 5.75 Å². The molecule has 0 bridgehead atoms. The molecule has 1 fully saturated rings. The Balaban J connectivity index is 1.90. The highest BCUT2D eigenvalue weighted by Gasteiger charge is 2.36. The average Bonchev–Trinajstić information content (AvgIpc) is 2.76. The zero-order valence-electron chi connectivity index (χ0n) is 18.4. The molecule has 0 aliphatic carbocycles. The largest absolute Gasteiger partial charge is 0.446 e. The topological polar surface area (TPSA) is 150 Å². The van der Waals surface area contributed by atoms with E-state index in [0.29, 0.717) is 6.54 Å². The predicted molar refractivity (Wildman–Crippen MR) is 117 cm³/mol. The summed E-state index contributed by atoms with van der Waals surface area (Å²) in [4.78, 5) is 50.9. The summed E-state index contributed by atoms with van der Waals surface area (Å²) in [5.41, 5.74) is 0.224. The van der Waals surface area contributed by atoms with Crippen molar-refractivity contribution in [3.63, 3.8) is 0 Å². The molecule has 0 aromatic heterocycles. The number of benzene rings is 1. The van der Waals surface area contributed by atoms with Gasteiger partial charge in [0.2, 0.25) is 6.29 Å². The first-order chi connectivity index (χ1) is 15.7. The summed E-state index contributed by atoms with van der Waals surface area (Å²) in [5, 5.41) is 2.32. The van der Waals surface area contributed by atoms with Crippen LogP contribution in [0.1, 0.15) is 57.1 Å². The van der Waals surface area contributed by atoms with E-state index in [0.717, 1.165) is 49.1 Å². The monoisotopic (exact) mass is 482 g/mol. The molecule has 1 heterocycles. The van der Waals surface area contributed by atoms with Crippen molar-refractivity contribution in [1.82, 2.24) is 15.1 Å². The second-order valence-corrected chi connectivity index (χ2v) is 8.62. The number of carbonyl (C=O) groups is 3. The molecular weight excluding hydrogens is 454 g/mol. The van der Waals surface area contributed by atoms with E-state index < -0.39 is 34.3 Å². The van der Waals surface area contributed by atoms with Crippen molar-refractivity contribution >= 4 is 34.5 Å². The minimum atomic E-state index is -4.70. The molecule has 2 N–H and O–H groups in total. The molecule has 2 rings (SSSR count). The molecule has 1 radical (unpaired) electrons. The lowest BCUT2D eigenvalue weighted by molar-refractivity contribution is -0.153. The van der Waals surface area contributed by atoms with E-state index in [-0.39, 0.29) is 24.4 Å². The highest BCUT2D eigenvalue weighted by Crippen LogP contribution is 2.19. The summed E-state index contributed by atoms with van der Waals surface area (Å²) in [6, 6.07) is 2.69. The zero-order chi connectivity index (χ0) is 24.4. The number of amides is 4. The lowest BCUT2D eigenvalue weighted by Gasteiger charge is -2.33. The van der Waals surface area contributed by atoms with Gasteiger partial charge in [-0.3, -0.25) is 23.8 Å². The molecule has 1 aliphatic rings. The molecule has 1 unspecified atom stereocenters. The highest BCUT2D eigenvalue weighted by atomic mass is 32.3. The van der Waals surface area contributed by atoms with Crippen molar-refractivity contribution < 1.29 is 36.3 Å². The van der Waals surface area contributed by atoms with Crippen molar-refractivity contribution in [3.05, 3.63) is 29.8 Å². The number of hydrogen-bond donors (Lipinski definition) is 2. The Morgan fingerprint density at radius 3 is 2.33 bits per heavy atom. The van der Waals surface area contributed by atoms with Crippen LogP contribution in [0.2, 0.25) is 0 Å². The van der Waals surface area contributed by atoms with Gasteiger partial charge in [-0.25, -0.2) is 4.79 Å². The maximum Gasteiger partial charge on any atom is 0.446 e. The fourth-order valence-electron chi connectivity index (χ4n) is 3.38. The van der Waals surface area contributed by atoms with Gasteiger partial charge in [0.1, 0.15) is 11.8 Å². The van der Waals surface area contributed by atoms with Crippen LogP contribution in [0.15, 0.2) is 24.3 Å². The Hall–Kier alpha value is -2.99. The van der Waals surface area contributed by atoms with Crippen LogP contribution in [0.3, 0.4) is 0 Å². The summed E-state index contributed by atoms with van der Waals surface area (Å²) in [6.45, 7) is 2.80. The normalized spacial score (nSPS) is 15.3. The Kier molecular flexibility index (Phi) is 9.79. The van der Waals surface area contributed by atoms with Crippen LogP contribution in [-0.2, 0) is 24.8 Å². The molecule has 1 saturated heterocycles. The van der Waals surface area contributed by atoms with Crippen molar-refractivity contribution in [2.75, 3.05) is 19.6 Å². The Morgan fingerprint density at radius 1 is 1.09 bits per heavy atom. The Bertz CT molecular complexity index is 949. The molecule has 0 spiro atoms. The third-order valence-corrected chi connectivity index (χ3v) is 5.54. The summed E-state index contributed by atoms with van der Waals surface area (Å²) in [6.07, 6.45) is 7.90. The summed E-state index contributed by atoms with van der Waals surface area (Å²) in [5.74, 6) is -1.94. The molecule has 4 amide bonds. The zero-order valence-corrected chi connectivity index (χ0v) is 19.2. The molecule has 1 aromatic rings. The highest BCUT2D eigenvalue weighted by molar-refractivity contribution is 7.81. The second-order valence-electron chi connectivity index (χ2n) is 7.60. The molecule has 1 atom stereocenters. The first kappa shape index (κ1) is 26.3. The van der Waals surface area contributed by atoms with E-state index in [2.05, 4.69) is 16.4 Å². The van der Waals surface area contributed by atoms with Crippen LogP contribution < -0.4 is 9.50 Å². The van der Waals surface area contributed by atoms with Crippen LogP contribution in [0.4, 0.5) is 4.79 Å². The van der Waals surface area contributed by atoms with Gasteiger partial charge in [-0.1, -0.05) is 51.2 Å². The SMILES string of the molecule is CCCCCCCCN1CCN(C(=O)NC([C]=O)c2ccc(OS(=O)(=O)O)cc2)C(=O)C1=O. The third-order valence-electron chi connectivity index (χ3n) is 5.14. The van der Waals surface area contributed by atoms with Crippen molar-refractivity contribution in [1.29, 1.82) is 0 Å². The number of hydrogen-bond acceptors (Lipinski definition) is 7. The smallest absolute Gasteiger partial charge is 0.362 e. The predicted octanol–water partition coefficient (Wildman–Crippen LogP) is 1.76. The molecule has 1 aromatic carbocycles. The lowest BCUT2D eigenvalue weighted by atomic mass is 10.1. The maximum absolute atomic E-state index is 12.5. The van der Waals surface area contributed by atoms with Crippen LogP contribution in [0.5, 0.6) is 5.75 Å². The van der Waals surface area contributed by atoms with E-state index >= 15 is 0 Å². The van der Waals surface area contributed by atoms with E-state index in [1.54, 1.807) is 6.29 Å². The van der Waals surface area contributed by atoms with E-state index in [1.807, 2.05) is 0 Å². The third kappa shape index (κ3) is 8.13. The maximum atomic E-state index is 12.5. The van der Waals surface area contributed by atoms with Gasteiger partial charge >= 0.3 is 28.2 Å². The Labute approximate surface area is 193 Å². The minimum absolute atomic E-state index is 0.00104. The van der Waals surface area contributed by atoms with Crippen LogP contribution in [0.25, 0.3) is 0 Å². The van der Waals surface area contributed by atoms with Gasteiger partial charge in [0.15, 0.2) is 0 Å². The molecule has 33 heavy (non-hydrogen) atoms. The Morgan fingerprint density at radius 2 is 1.73 bits per heavy atom. The number of rotatable bonds is 12. The van der Waals surface area contributed by atoms with E-state index in [1.165, 1.54) is 23.5 Å². The van der Waals surface area contributed by atoms with Gasteiger partial charge in [-0.2, -0.15) is 8.42 Å². The number of nitrogens with zero attached hydrogens (tertiary/aromatic N) is 2. The molecular formula is C21H28N3O8S. The van der Waals surface area contributed by atoms with Gasteiger partial charge < -0.3 is 14.4 Å².